The Morgan fingerprint density at radius 3 is 2.57 bits per heavy atom. The topological polar surface area (TPSA) is 55.8 Å². The zero-order chi connectivity index (χ0) is 15.1. The largest absolute Gasteiger partial charge is 0.490 e. The molecule has 4 heteroatoms. The van der Waals surface area contributed by atoms with Crippen molar-refractivity contribution in [3.63, 3.8) is 0 Å². The SMILES string of the molecule is Cc1cccc(OCCO)c1C(=O)OCc1ccccc1. The molecule has 0 bridgehead atoms. The third kappa shape index (κ3) is 4.07. The molecule has 0 aromatic heterocycles. The maximum absolute atomic E-state index is 12.3. The number of hydrogen-bond donors (Lipinski definition) is 1. The van der Waals surface area contributed by atoms with Gasteiger partial charge in [0.25, 0.3) is 0 Å². The van der Waals surface area contributed by atoms with Crippen LogP contribution >= 0.6 is 0 Å². The molecule has 4 nitrogen and oxygen atoms in total. The maximum Gasteiger partial charge on any atom is 0.342 e. The summed E-state index contributed by atoms with van der Waals surface area (Å²) in [7, 11) is 0. The van der Waals surface area contributed by atoms with E-state index in [0.29, 0.717) is 11.3 Å². The lowest BCUT2D eigenvalue weighted by atomic mass is 10.1. The summed E-state index contributed by atoms with van der Waals surface area (Å²) in [5, 5.41) is 8.84. The summed E-state index contributed by atoms with van der Waals surface area (Å²) in [5.41, 5.74) is 2.11. The molecule has 0 amide bonds. The van der Waals surface area contributed by atoms with Crippen molar-refractivity contribution in [2.75, 3.05) is 13.2 Å². The summed E-state index contributed by atoms with van der Waals surface area (Å²) < 4.78 is 10.7. The van der Waals surface area contributed by atoms with E-state index in [9.17, 15) is 4.79 Å². The molecule has 0 spiro atoms. The monoisotopic (exact) mass is 286 g/mol. The molecule has 0 aliphatic rings. The van der Waals surface area contributed by atoms with Gasteiger partial charge < -0.3 is 14.6 Å². The number of aryl methyl sites for hydroxylation is 1. The highest BCUT2D eigenvalue weighted by Crippen LogP contribution is 2.23. The highest BCUT2D eigenvalue weighted by Gasteiger charge is 2.17. The zero-order valence-electron chi connectivity index (χ0n) is 11.9. The second kappa shape index (κ2) is 7.45. The maximum atomic E-state index is 12.3. The molecular weight excluding hydrogens is 268 g/mol. The molecule has 2 aromatic rings. The lowest BCUT2D eigenvalue weighted by Gasteiger charge is -2.12. The predicted molar refractivity (Wildman–Crippen MR) is 79.3 cm³/mol. The highest BCUT2D eigenvalue weighted by atomic mass is 16.5. The van der Waals surface area contributed by atoms with Gasteiger partial charge in [-0.15, -0.1) is 0 Å². The van der Waals surface area contributed by atoms with E-state index in [1.165, 1.54) is 0 Å². The molecule has 110 valence electrons. The summed E-state index contributed by atoms with van der Waals surface area (Å²) >= 11 is 0. The van der Waals surface area contributed by atoms with E-state index in [-0.39, 0.29) is 19.8 Å². The molecule has 0 radical (unpaired) electrons. The summed E-state index contributed by atoms with van der Waals surface area (Å²) in [6.45, 7) is 2.08. The third-order valence-electron chi connectivity index (χ3n) is 3.00. The quantitative estimate of drug-likeness (QED) is 0.830. The van der Waals surface area contributed by atoms with E-state index in [4.69, 9.17) is 14.6 Å². The summed E-state index contributed by atoms with van der Waals surface area (Å²) in [6, 6.07) is 14.8. The van der Waals surface area contributed by atoms with Crippen LogP contribution in [0.4, 0.5) is 0 Å². The van der Waals surface area contributed by atoms with Crippen molar-refractivity contribution in [2.45, 2.75) is 13.5 Å². The molecule has 0 heterocycles. The number of esters is 1. The van der Waals surface area contributed by atoms with Gasteiger partial charge in [-0.2, -0.15) is 0 Å². The van der Waals surface area contributed by atoms with E-state index in [1.807, 2.05) is 43.3 Å². The van der Waals surface area contributed by atoms with Crippen LogP contribution in [0.5, 0.6) is 5.75 Å². The van der Waals surface area contributed by atoms with Crippen molar-refractivity contribution in [3.8, 4) is 5.75 Å². The van der Waals surface area contributed by atoms with Crippen molar-refractivity contribution >= 4 is 5.97 Å². The number of ether oxygens (including phenoxy) is 2. The van der Waals surface area contributed by atoms with Crippen LogP contribution in [0.15, 0.2) is 48.5 Å². The fourth-order valence-electron chi connectivity index (χ4n) is 1.97. The van der Waals surface area contributed by atoms with Crippen molar-refractivity contribution in [2.24, 2.45) is 0 Å². The van der Waals surface area contributed by atoms with E-state index >= 15 is 0 Å². The first kappa shape index (κ1) is 15.1. The minimum atomic E-state index is -0.426. The van der Waals surface area contributed by atoms with Crippen molar-refractivity contribution < 1.29 is 19.4 Å². The Labute approximate surface area is 123 Å². The van der Waals surface area contributed by atoms with Crippen LogP contribution in [-0.2, 0) is 11.3 Å². The number of aliphatic hydroxyl groups excluding tert-OH is 1. The summed E-state index contributed by atoms with van der Waals surface area (Å²) in [5.74, 6) is 0.00649. The van der Waals surface area contributed by atoms with Gasteiger partial charge in [0, 0.05) is 0 Å². The van der Waals surface area contributed by atoms with Gasteiger partial charge in [-0.1, -0.05) is 42.5 Å². The average molecular weight is 286 g/mol. The molecule has 0 fully saturated rings. The van der Waals surface area contributed by atoms with Gasteiger partial charge >= 0.3 is 5.97 Å². The Hall–Kier alpha value is -2.33. The van der Waals surface area contributed by atoms with Crippen molar-refractivity contribution in [3.05, 3.63) is 65.2 Å². The Balaban J connectivity index is 2.11. The molecule has 0 saturated heterocycles. The highest BCUT2D eigenvalue weighted by molar-refractivity contribution is 5.94. The number of benzene rings is 2. The Morgan fingerprint density at radius 1 is 1.10 bits per heavy atom. The lowest BCUT2D eigenvalue weighted by molar-refractivity contribution is 0.0466. The third-order valence-corrected chi connectivity index (χ3v) is 3.00. The van der Waals surface area contributed by atoms with Gasteiger partial charge in [-0.05, 0) is 24.1 Å². The predicted octanol–water partition coefficient (Wildman–Crippen LogP) is 2.72. The number of rotatable bonds is 6. The van der Waals surface area contributed by atoms with Crippen LogP contribution in [0.1, 0.15) is 21.5 Å². The Morgan fingerprint density at radius 2 is 1.86 bits per heavy atom. The van der Waals surface area contributed by atoms with Gasteiger partial charge in [0.1, 0.15) is 24.5 Å². The fraction of sp³-hybridized carbons (Fsp3) is 0.235. The van der Waals surface area contributed by atoms with E-state index in [0.717, 1.165) is 11.1 Å². The van der Waals surface area contributed by atoms with E-state index in [2.05, 4.69) is 0 Å². The molecule has 0 atom stereocenters. The van der Waals surface area contributed by atoms with Gasteiger partial charge in [0.15, 0.2) is 0 Å². The number of aliphatic hydroxyl groups is 1. The first-order valence-electron chi connectivity index (χ1n) is 6.76. The second-order valence-corrected chi connectivity index (χ2v) is 4.58. The van der Waals surface area contributed by atoms with Gasteiger partial charge in [0.2, 0.25) is 0 Å². The number of carbonyl (C=O) groups is 1. The molecule has 0 saturated carbocycles. The van der Waals surface area contributed by atoms with Crippen LogP contribution < -0.4 is 4.74 Å². The van der Waals surface area contributed by atoms with Gasteiger partial charge in [-0.3, -0.25) is 0 Å². The van der Waals surface area contributed by atoms with Gasteiger partial charge in [-0.25, -0.2) is 4.79 Å². The van der Waals surface area contributed by atoms with Crippen LogP contribution in [0, 0.1) is 6.92 Å². The zero-order valence-corrected chi connectivity index (χ0v) is 11.9. The summed E-state index contributed by atoms with van der Waals surface area (Å²) in [6.07, 6.45) is 0. The van der Waals surface area contributed by atoms with Crippen molar-refractivity contribution in [1.29, 1.82) is 0 Å². The fourth-order valence-corrected chi connectivity index (χ4v) is 1.97. The van der Waals surface area contributed by atoms with Crippen LogP contribution in [-0.4, -0.2) is 24.3 Å². The molecule has 0 aliphatic carbocycles. The van der Waals surface area contributed by atoms with E-state index in [1.54, 1.807) is 12.1 Å². The minimum Gasteiger partial charge on any atom is -0.490 e. The lowest BCUT2D eigenvalue weighted by Crippen LogP contribution is -2.11. The molecule has 1 N–H and O–H groups in total. The van der Waals surface area contributed by atoms with E-state index < -0.39 is 5.97 Å². The number of carbonyl (C=O) groups excluding carboxylic acids is 1. The molecule has 0 aliphatic heterocycles. The Bertz CT molecular complexity index is 593. The minimum absolute atomic E-state index is 0.105. The first-order chi connectivity index (χ1) is 10.2. The summed E-state index contributed by atoms with van der Waals surface area (Å²) in [4.78, 5) is 12.3. The smallest absolute Gasteiger partial charge is 0.342 e. The molecule has 2 rings (SSSR count). The van der Waals surface area contributed by atoms with Crippen LogP contribution in [0.25, 0.3) is 0 Å². The van der Waals surface area contributed by atoms with Gasteiger partial charge in [0.05, 0.1) is 6.61 Å². The van der Waals surface area contributed by atoms with Crippen molar-refractivity contribution in [1.82, 2.24) is 0 Å². The number of hydrogen-bond acceptors (Lipinski definition) is 4. The Kier molecular flexibility index (Phi) is 5.35. The van der Waals surface area contributed by atoms with Crippen LogP contribution in [0.3, 0.4) is 0 Å². The molecule has 0 unspecified atom stereocenters. The first-order valence-corrected chi connectivity index (χ1v) is 6.76. The molecule has 2 aromatic carbocycles. The average Bonchev–Trinajstić information content (AvgIpc) is 2.51. The normalized spacial score (nSPS) is 10.2. The standard InChI is InChI=1S/C17H18O4/c1-13-6-5-9-15(20-11-10-18)16(13)17(19)21-12-14-7-3-2-4-8-14/h2-9,18H,10-12H2,1H3. The van der Waals surface area contributed by atoms with Crippen LogP contribution in [0.2, 0.25) is 0 Å². The molecule has 21 heavy (non-hydrogen) atoms. The molecular formula is C17H18O4. The second-order valence-electron chi connectivity index (χ2n) is 4.58.